The Labute approximate surface area is 107 Å². The van der Waals surface area contributed by atoms with Gasteiger partial charge < -0.3 is 5.73 Å². The van der Waals surface area contributed by atoms with Crippen molar-refractivity contribution in [3.63, 3.8) is 0 Å². The van der Waals surface area contributed by atoms with E-state index < -0.39 is 11.6 Å². The van der Waals surface area contributed by atoms with Gasteiger partial charge in [-0.05, 0) is 44.4 Å². The van der Waals surface area contributed by atoms with Crippen LogP contribution in [0.1, 0.15) is 38.3 Å². The maximum Gasteiger partial charge on any atom is 0.159 e. The van der Waals surface area contributed by atoms with Crippen LogP contribution in [0, 0.1) is 11.6 Å². The molecule has 2 unspecified atom stereocenters. The molecule has 0 spiro atoms. The Hall–Kier alpha value is -1.00. The first-order valence-corrected chi connectivity index (χ1v) is 6.45. The van der Waals surface area contributed by atoms with Crippen LogP contribution in [0.15, 0.2) is 18.2 Å². The predicted octanol–water partition coefficient (Wildman–Crippen LogP) is 2.84. The van der Waals surface area contributed by atoms with Crippen LogP contribution in [-0.2, 0) is 0 Å². The van der Waals surface area contributed by atoms with Crippen molar-refractivity contribution in [1.82, 2.24) is 4.90 Å². The number of rotatable bonds is 2. The Morgan fingerprint density at radius 2 is 2.00 bits per heavy atom. The predicted molar refractivity (Wildman–Crippen MR) is 68.2 cm³/mol. The lowest BCUT2D eigenvalue weighted by Gasteiger charge is -2.41. The molecule has 100 valence electrons. The molecule has 0 saturated carbocycles. The topological polar surface area (TPSA) is 29.3 Å². The summed E-state index contributed by atoms with van der Waals surface area (Å²) in [5.74, 6) is -1.58. The first kappa shape index (κ1) is 13.4. The Kier molecular flexibility index (Phi) is 3.97. The minimum Gasteiger partial charge on any atom is -0.328 e. The zero-order valence-electron chi connectivity index (χ0n) is 10.9. The molecule has 0 radical (unpaired) electrons. The van der Waals surface area contributed by atoms with Gasteiger partial charge in [-0.25, -0.2) is 8.78 Å². The van der Waals surface area contributed by atoms with Gasteiger partial charge in [-0.1, -0.05) is 6.07 Å². The van der Waals surface area contributed by atoms with Gasteiger partial charge in [0.2, 0.25) is 0 Å². The lowest BCUT2D eigenvalue weighted by atomic mass is 9.91. The zero-order valence-corrected chi connectivity index (χ0v) is 10.9. The molecule has 0 amide bonds. The number of benzene rings is 1. The number of piperidine rings is 1. The smallest absolute Gasteiger partial charge is 0.159 e. The summed E-state index contributed by atoms with van der Waals surface area (Å²) in [6.45, 7) is 5.13. The van der Waals surface area contributed by atoms with Gasteiger partial charge in [0.05, 0.1) is 0 Å². The highest BCUT2D eigenvalue weighted by Crippen LogP contribution is 2.32. The zero-order chi connectivity index (χ0) is 13.3. The van der Waals surface area contributed by atoms with E-state index in [4.69, 9.17) is 5.73 Å². The number of halogens is 2. The summed E-state index contributed by atoms with van der Waals surface area (Å²) in [4.78, 5) is 2.30. The largest absolute Gasteiger partial charge is 0.328 e. The van der Waals surface area contributed by atoms with Crippen molar-refractivity contribution in [1.29, 1.82) is 0 Å². The van der Waals surface area contributed by atoms with Gasteiger partial charge in [-0.15, -0.1) is 0 Å². The van der Waals surface area contributed by atoms with E-state index in [0.29, 0.717) is 6.04 Å². The van der Waals surface area contributed by atoms with E-state index in [0.717, 1.165) is 24.9 Å². The van der Waals surface area contributed by atoms with Crippen LogP contribution in [0.4, 0.5) is 8.78 Å². The second-order valence-electron chi connectivity index (χ2n) is 5.31. The quantitative estimate of drug-likeness (QED) is 0.879. The van der Waals surface area contributed by atoms with Crippen molar-refractivity contribution < 1.29 is 8.78 Å². The number of nitrogens with two attached hydrogens (primary N) is 1. The van der Waals surface area contributed by atoms with Gasteiger partial charge in [0.15, 0.2) is 11.6 Å². The molecule has 2 nitrogen and oxygen atoms in total. The molecule has 1 aromatic rings. The van der Waals surface area contributed by atoms with E-state index in [1.807, 2.05) is 0 Å². The molecule has 0 aromatic heterocycles. The summed E-state index contributed by atoms with van der Waals surface area (Å²) in [5, 5.41) is 0. The van der Waals surface area contributed by atoms with Crippen molar-refractivity contribution >= 4 is 0 Å². The average molecular weight is 254 g/mol. The summed E-state index contributed by atoms with van der Waals surface area (Å²) in [7, 11) is 0. The van der Waals surface area contributed by atoms with Crippen LogP contribution in [0.25, 0.3) is 0 Å². The van der Waals surface area contributed by atoms with Gasteiger partial charge >= 0.3 is 0 Å². The first-order chi connectivity index (χ1) is 8.49. The van der Waals surface area contributed by atoms with Crippen molar-refractivity contribution in [2.45, 2.75) is 44.8 Å². The van der Waals surface area contributed by atoms with E-state index in [1.165, 1.54) is 12.1 Å². The fourth-order valence-electron chi connectivity index (χ4n) is 2.68. The molecular weight excluding hydrogens is 234 g/mol. The molecule has 1 aromatic carbocycles. The molecule has 0 aliphatic carbocycles. The third kappa shape index (κ3) is 2.70. The number of hydrogen-bond donors (Lipinski definition) is 1. The Morgan fingerprint density at radius 3 is 2.61 bits per heavy atom. The highest BCUT2D eigenvalue weighted by atomic mass is 19.2. The fraction of sp³-hybridized carbons (Fsp3) is 0.571. The fourth-order valence-corrected chi connectivity index (χ4v) is 2.68. The molecule has 2 rings (SSSR count). The number of hydrogen-bond acceptors (Lipinski definition) is 2. The average Bonchev–Trinajstić information content (AvgIpc) is 2.32. The lowest BCUT2D eigenvalue weighted by molar-refractivity contribution is 0.101. The summed E-state index contributed by atoms with van der Waals surface area (Å²) in [6, 6.07) is 4.75. The van der Waals surface area contributed by atoms with Crippen molar-refractivity contribution in [2.75, 3.05) is 6.54 Å². The minimum absolute atomic E-state index is 0.0869. The Bertz CT molecular complexity index is 420. The molecule has 1 fully saturated rings. The van der Waals surface area contributed by atoms with Crippen LogP contribution < -0.4 is 5.73 Å². The highest BCUT2D eigenvalue weighted by molar-refractivity contribution is 5.22. The molecule has 4 heteroatoms. The summed E-state index contributed by atoms with van der Waals surface area (Å²) in [6.07, 6.45) is 1.75. The number of likely N-dealkylation sites (tertiary alicyclic amines) is 1. The van der Waals surface area contributed by atoms with Crippen molar-refractivity contribution in [3.05, 3.63) is 35.4 Å². The third-order valence-corrected chi connectivity index (χ3v) is 3.68. The second-order valence-corrected chi connectivity index (χ2v) is 5.31. The highest BCUT2D eigenvalue weighted by Gasteiger charge is 2.29. The van der Waals surface area contributed by atoms with E-state index >= 15 is 0 Å². The standard InChI is InChI=1S/C14H20F2N2/c1-9(2)18-6-5-11(17)8-14(18)10-3-4-12(15)13(16)7-10/h3-4,7,9,11,14H,5-6,8,17H2,1-2H3. The monoisotopic (exact) mass is 254 g/mol. The SMILES string of the molecule is CC(C)N1CCC(N)CC1c1ccc(F)c(F)c1. The maximum atomic E-state index is 13.3. The molecular formula is C14H20F2N2. The van der Waals surface area contributed by atoms with Gasteiger partial charge in [0.1, 0.15) is 0 Å². The van der Waals surface area contributed by atoms with E-state index in [9.17, 15) is 8.78 Å². The molecule has 0 bridgehead atoms. The van der Waals surface area contributed by atoms with Crippen LogP contribution in [0.2, 0.25) is 0 Å². The molecule has 1 heterocycles. The lowest BCUT2D eigenvalue weighted by Crippen LogP contribution is -2.45. The molecule has 2 N–H and O–H groups in total. The second kappa shape index (κ2) is 5.33. The van der Waals surface area contributed by atoms with Gasteiger partial charge in [0, 0.05) is 24.7 Å². The van der Waals surface area contributed by atoms with Gasteiger partial charge in [0.25, 0.3) is 0 Å². The van der Waals surface area contributed by atoms with Gasteiger partial charge in [-0.2, -0.15) is 0 Å². The van der Waals surface area contributed by atoms with E-state index in [-0.39, 0.29) is 12.1 Å². The van der Waals surface area contributed by atoms with Crippen LogP contribution >= 0.6 is 0 Å². The molecule has 1 aliphatic heterocycles. The maximum absolute atomic E-state index is 13.3. The van der Waals surface area contributed by atoms with Crippen molar-refractivity contribution in [3.8, 4) is 0 Å². The van der Waals surface area contributed by atoms with Gasteiger partial charge in [-0.3, -0.25) is 4.90 Å². The van der Waals surface area contributed by atoms with E-state index in [2.05, 4.69) is 18.7 Å². The number of nitrogens with zero attached hydrogens (tertiary/aromatic N) is 1. The molecule has 18 heavy (non-hydrogen) atoms. The molecule has 1 aliphatic rings. The summed E-state index contributed by atoms with van der Waals surface area (Å²) >= 11 is 0. The third-order valence-electron chi connectivity index (χ3n) is 3.68. The normalized spacial score (nSPS) is 25.7. The van der Waals surface area contributed by atoms with Crippen LogP contribution in [0.5, 0.6) is 0 Å². The Balaban J connectivity index is 2.29. The first-order valence-electron chi connectivity index (χ1n) is 6.45. The van der Waals surface area contributed by atoms with E-state index in [1.54, 1.807) is 6.07 Å². The minimum atomic E-state index is -0.796. The van der Waals surface area contributed by atoms with Crippen LogP contribution in [0.3, 0.4) is 0 Å². The molecule has 1 saturated heterocycles. The van der Waals surface area contributed by atoms with Crippen LogP contribution in [-0.4, -0.2) is 23.5 Å². The van der Waals surface area contributed by atoms with Crippen molar-refractivity contribution in [2.24, 2.45) is 5.73 Å². The summed E-state index contributed by atoms with van der Waals surface area (Å²) in [5.41, 5.74) is 6.82. The summed E-state index contributed by atoms with van der Waals surface area (Å²) < 4.78 is 26.3. The molecule has 2 atom stereocenters. The Morgan fingerprint density at radius 1 is 1.28 bits per heavy atom.